The highest BCUT2D eigenvalue weighted by atomic mass is 79.9. The van der Waals surface area contributed by atoms with E-state index < -0.39 is 0 Å². The molecule has 1 aromatic carbocycles. The fourth-order valence-electron chi connectivity index (χ4n) is 2.84. The minimum Gasteiger partial charge on any atom is -0.496 e. The Hall–Kier alpha value is -1.07. The van der Waals surface area contributed by atoms with Crippen LogP contribution in [0.1, 0.15) is 36.0 Å². The van der Waals surface area contributed by atoms with Gasteiger partial charge in [0.1, 0.15) is 5.75 Å². The van der Waals surface area contributed by atoms with Crippen molar-refractivity contribution in [3.8, 4) is 5.75 Å². The number of carbonyl (C=O) groups is 1. The molecule has 1 heterocycles. The molecule has 1 N–H and O–H groups in total. The van der Waals surface area contributed by atoms with Gasteiger partial charge in [0, 0.05) is 18.2 Å². The van der Waals surface area contributed by atoms with Crippen molar-refractivity contribution in [3.05, 3.63) is 28.2 Å². The van der Waals surface area contributed by atoms with Crippen molar-refractivity contribution in [1.82, 2.24) is 10.2 Å². The molecule has 2 rings (SSSR count). The minimum atomic E-state index is 0.124. The van der Waals surface area contributed by atoms with Gasteiger partial charge in [-0.2, -0.15) is 0 Å². The molecule has 1 fully saturated rings. The molecule has 1 amide bonds. The second-order valence-electron chi connectivity index (χ2n) is 5.39. The number of nitrogens with one attached hydrogen (secondary N) is 1. The third kappa shape index (κ3) is 3.98. The van der Waals surface area contributed by atoms with Gasteiger partial charge in [0.25, 0.3) is 5.91 Å². The minimum absolute atomic E-state index is 0.124. The normalized spacial score (nSPS) is 18.6. The second kappa shape index (κ2) is 7.80. The summed E-state index contributed by atoms with van der Waals surface area (Å²) in [7, 11) is 3.58. The van der Waals surface area contributed by atoms with Crippen LogP contribution in [0.5, 0.6) is 5.75 Å². The molecule has 0 aromatic heterocycles. The first kappa shape index (κ1) is 16.3. The maximum atomic E-state index is 12.8. The van der Waals surface area contributed by atoms with Gasteiger partial charge in [-0.05, 0) is 73.4 Å². The summed E-state index contributed by atoms with van der Waals surface area (Å²) in [6.07, 6.45) is 4.42. The lowest BCUT2D eigenvalue weighted by molar-refractivity contribution is 0.0602. The molecule has 5 heteroatoms. The summed E-state index contributed by atoms with van der Waals surface area (Å²) in [5, 5.41) is 3.18. The average molecular weight is 355 g/mol. The Kier molecular flexibility index (Phi) is 6.06. The molecule has 1 unspecified atom stereocenters. The van der Waals surface area contributed by atoms with Gasteiger partial charge < -0.3 is 15.0 Å². The third-order valence-corrected chi connectivity index (χ3v) is 4.63. The standard InChI is InChI=1S/C16H23BrN2O2/c1-18-9-8-13-5-3-4-10-19(13)16(20)12-6-7-15(21-2)14(17)11-12/h6-7,11,13,18H,3-5,8-10H2,1-2H3. The van der Waals surface area contributed by atoms with Crippen LogP contribution in [0.25, 0.3) is 0 Å². The van der Waals surface area contributed by atoms with Crippen LogP contribution in [-0.4, -0.2) is 44.1 Å². The van der Waals surface area contributed by atoms with Gasteiger partial charge in [0.05, 0.1) is 11.6 Å². The lowest BCUT2D eigenvalue weighted by Crippen LogP contribution is -2.44. The van der Waals surface area contributed by atoms with E-state index in [4.69, 9.17) is 4.74 Å². The first-order valence-electron chi connectivity index (χ1n) is 7.46. The Morgan fingerprint density at radius 3 is 2.95 bits per heavy atom. The van der Waals surface area contributed by atoms with Crippen LogP contribution in [-0.2, 0) is 0 Å². The van der Waals surface area contributed by atoms with E-state index in [1.54, 1.807) is 7.11 Å². The van der Waals surface area contributed by atoms with Gasteiger partial charge in [-0.3, -0.25) is 4.79 Å². The van der Waals surface area contributed by atoms with E-state index in [0.717, 1.165) is 48.1 Å². The molecule has 0 radical (unpaired) electrons. The Bertz CT molecular complexity index is 493. The number of rotatable bonds is 5. The van der Waals surface area contributed by atoms with E-state index in [0.29, 0.717) is 6.04 Å². The smallest absolute Gasteiger partial charge is 0.254 e. The maximum Gasteiger partial charge on any atom is 0.254 e. The summed E-state index contributed by atoms with van der Waals surface area (Å²) in [6, 6.07) is 5.88. The number of hydrogen-bond donors (Lipinski definition) is 1. The van der Waals surface area contributed by atoms with Crippen LogP contribution in [0.4, 0.5) is 0 Å². The van der Waals surface area contributed by atoms with Crippen molar-refractivity contribution in [1.29, 1.82) is 0 Å². The predicted molar refractivity (Wildman–Crippen MR) is 87.9 cm³/mol. The lowest BCUT2D eigenvalue weighted by atomic mass is 9.98. The SMILES string of the molecule is CNCCC1CCCCN1C(=O)c1ccc(OC)c(Br)c1. The Balaban J connectivity index is 2.14. The van der Waals surface area contributed by atoms with Gasteiger partial charge in [-0.1, -0.05) is 0 Å². The number of piperidine rings is 1. The topological polar surface area (TPSA) is 41.6 Å². The fraction of sp³-hybridized carbons (Fsp3) is 0.562. The van der Waals surface area contributed by atoms with Gasteiger partial charge in [-0.25, -0.2) is 0 Å². The number of likely N-dealkylation sites (tertiary alicyclic amines) is 1. The van der Waals surface area contributed by atoms with Crippen LogP contribution in [0.3, 0.4) is 0 Å². The number of hydrogen-bond acceptors (Lipinski definition) is 3. The van der Waals surface area contributed by atoms with Crippen molar-refractivity contribution in [3.63, 3.8) is 0 Å². The van der Waals surface area contributed by atoms with E-state index in [-0.39, 0.29) is 5.91 Å². The zero-order chi connectivity index (χ0) is 15.2. The van der Waals surface area contributed by atoms with Crippen molar-refractivity contribution >= 4 is 21.8 Å². The molecule has 0 bridgehead atoms. The van der Waals surface area contributed by atoms with Crippen molar-refractivity contribution in [2.24, 2.45) is 0 Å². The first-order chi connectivity index (χ1) is 10.2. The zero-order valence-electron chi connectivity index (χ0n) is 12.7. The molecule has 0 saturated carbocycles. The largest absolute Gasteiger partial charge is 0.496 e. The number of ether oxygens (including phenoxy) is 1. The van der Waals surface area contributed by atoms with Crippen LogP contribution in [0, 0.1) is 0 Å². The molecule has 116 valence electrons. The lowest BCUT2D eigenvalue weighted by Gasteiger charge is -2.36. The molecule has 4 nitrogen and oxygen atoms in total. The van der Waals surface area contributed by atoms with Gasteiger partial charge in [0.2, 0.25) is 0 Å². The van der Waals surface area contributed by atoms with E-state index in [2.05, 4.69) is 21.2 Å². The van der Waals surface area contributed by atoms with Crippen LogP contribution < -0.4 is 10.1 Å². The average Bonchev–Trinajstić information content (AvgIpc) is 2.52. The summed E-state index contributed by atoms with van der Waals surface area (Å²) in [4.78, 5) is 14.8. The summed E-state index contributed by atoms with van der Waals surface area (Å²) >= 11 is 3.45. The van der Waals surface area contributed by atoms with E-state index >= 15 is 0 Å². The summed E-state index contributed by atoms with van der Waals surface area (Å²) in [6.45, 7) is 1.80. The second-order valence-corrected chi connectivity index (χ2v) is 6.24. The highest BCUT2D eigenvalue weighted by Crippen LogP contribution is 2.28. The van der Waals surface area contributed by atoms with Gasteiger partial charge >= 0.3 is 0 Å². The molecule has 1 saturated heterocycles. The van der Waals surface area contributed by atoms with Crippen molar-refractivity contribution in [2.75, 3.05) is 27.2 Å². The van der Waals surface area contributed by atoms with Gasteiger partial charge in [0.15, 0.2) is 0 Å². The number of halogens is 1. The molecule has 1 atom stereocenters. The fourth-order valence-corrected chi connectivity index (χ4v) is 3.38. The van der Waals surface area contributed by atoms with E-state index in [1.165, 1.54) is 6.42 Å². The zero-order valence-corrected chi connectivity index (χ0v) is 14.3. The highest BCUT2D eigenvalue weighted by Gasteiger charge is 2.27. The van der Waals surface area contributed by atoms with Crippen molar-refractivity contribution < 1.29 is 9.53 Å². The molecule has 21 heavy (non-hydrogen) atoms. The number of methoxy groups -OCH3 is 1. The molecule has 1 aliphatic heterocycles. The molecule has 0 aliphatic carbocycles. The number of benzene rings is 1. The summed E-state index contributed by atoms with van der Waals surface area (Å²) in [5.41, 5.74) is 0.721. The number of nitrogens with zero attached hydrogens (tertiary/aromatic N) is 1. The molecular formula is C16H23BrN2O2. The van der Waals surface area contributed by atoms with Gasteiger partial charge in [-0.15, -0.1) is 0 Å². The highest BCUT2D eigenvalue weighted by molar-refractivity contribution is 9.10. The monoisotopic (exact) mass is 354 g/mol. The maximum absolute atomic E-state index is 12.8. The van der Waals surface area contributed by atoms with E-state index in [9.17, 15) is 4.79 Å². The van der Waals surface area contributed by atoms with Crippen LogP contribution >= 0.6 is 15.9 Å². The van der Waals surface area contributed by atoms with Crippen LogP contribution in [0.2, 0.25) is 0 Å². The summed E-state index contributed by atoms with van der Waals surface area (Å²) < 4.78 is 6.04. The quantitative estimate of drug-likeness (QED) is 0.883. The molecule has 0 spiro atoms. The molecule has 1 aromatic rings. The van der Waals surface area contributed by atoms with Crippen molar-refractivity contribution in [2.45, 2.75) is 31.7 Å². The molecular weight excluding hydrogens is 332 g/mol. The van der Waals surface area contributed by atoms with E-state index in [1.807, 2.05) is 30.1 Å². The third-order valence-electron chi connectivity index (χ3n) is 4.01. The number of amides is 1. The van der Waals surface area contributed by atoms with Crippen LogP contribution in [0.15, 0.2) is 22.7 Å². The predicted octanol–water partition coefficient (Wildman–Crippen LogP) is 3.06. The molecule has 1 aliphatic rings. The number of carbonyl (C=O) groups excluding carboxylic acids is 1. The summed E-state index contributed by atoms with van der Waals surface area (Å²) in [5.74, 6) is 0.871. The first-order valence-corrected chi connectivity index (χ1v) is 8.25. The Morgan fingerprint density at radius 1 is 1.48 bits per heavy atom. The Morgan fingerprint density at radius 2 is 2.29 bits per heavy atom. The Labute approximate surface area is 135 Å².